The number of methoxy groups -OCH3 is 2. The van der Waals surface area contributed by atoms with E-state index in [2.05, 4.69) is 18.7 Å². The first-order chi connectivity index (χ1) is 9.09. The van der Waals surface area contributed by atoms with Crippen LogP contribution in [0.3, 0.4) is 0 Å². The van der Waals surface area contributed by atoms with Crippen molar-refractivity contribution >= 4 is 0 Å². The predicted molar refractivity (Wildman–Crippen MR) is 79.3 cm³/mol. The molecule has 0 aliphatic heterocycles. The van der Waals surface area contributed by atoms with Crippen molar-refractivity contribution in [2.75, 3.05) is 47.1 Å². The molecule has 1 aliphatic carbocycles. The normalized spacial score (nSPS) is 27.0. The van der Waals surface area contributed by atoms with Crippen molar-refractivity contribution < 1.29 is 9.47 Å². The highest BCUT2D eigenvalue weighted by atomic mass is 16.5. The van der Waals surface area contributed by atoms with Gasteiger partial charge in [-0.3, -0.25) is 4.90 Å². The summed E-state index contributed by atoms with van der Waals surface area (Å²) in [7, 11) is 3.52. The molecule has 114 valence electrons. The van der Waals surface area contributed by atoms with Crippen molar-refractivity contribution in [2.24, 2.45) is 17.6 Å². The molecule has 0 aromatic carbocycles. The first-order valence-corrected chi connectivity index (χ1v) is 7.52. The van der Waals surface area contributed by atoms with Gasteiger partial charge in [0.15, 0.2) is 0 Å². The van der Waals surface area contributed by atoms with Gasteiger partial charge in [-0.2, -0.15) is 0 Å². The van der Waals surface area contributed by atoms with E-state index >= 15 is 0 Å². The smallest absolute Gasteiger partial charge is 0.0589 e. The Labute approximate surface area is 118 Å². The number of ether oxygens (including phenoxy) is 2. The van der Waals surface area contributed by atoms with Gasteiger partial charge in [-0.05, 0) is 31.1 Å². The largest absolute Gasteiger partial charge is 0.385 e. The lowest BCUT2D eigenvalue weighted by molar-refractivity contribution is -0.0472. The number of hydrogen-bond acceptors (Lipinski definition) is 4. The van der Waals surface area contributed by atoms with Crippen LogP contribution in [0.5, 0.6) is 0 Å². The fraction of sp³-hybridized carbons (Fsp3) is 1.00. The molecule has 1 fully saturated rings. The summed E-state index contributed by atoms with van der Waals surface area (Å²) in [6, 6.07) is 0. The highest BCUT2D eigenvalue weighted by Crippen LogP contribution is 2.45. The van der Waals surface area contributed by atoms with Crippen molar-refractivity contribution in [3.8, 4) is 0 Å². The highest BCUT2D eigenvalue weighted by Gasteiger charge is 2.47. The maximum Gasteiger partial charge on any atom is 0.0589 e. The molecule has 4 nitrogen and oxygen atoms in total. The van der Waals surface area contributed by atoms with Crippen LogP contribution in [0.4, 0.5) is 0 Å². The topological polar surface area (TPSA) is 47.7 Å². The van der Waals surface area contributed by atoms with E-state index in [1.807, 2.05) is 0 Å². The Kier molecular flexibility index (Phi) is 7.29. The molecule has 1 saturated carbocycles. The maximum atomic E-state index is 6.09. The molecule has 0 amide bonds. The second-order valence-electron chi connectivity index (χ2n) is 6.17. The number of hydrogen-bond donors (Lipinski definition) is 1. The van der Waals surface area contributed by atoms with Crippen LogP contribution in [0.25, 0.3) is 0 Å². The van der Waals surface area contributed by atoms with Gasteiger partial charge >= 0.3 is 0 Å². The van der Waals surface area contributed by atoms with Crippen LogP contribution in [-0.2, 0) is 9.47 Å². The third-order valence-electron chi connectivity index (χ3n) is 4.62. The van der Waals surface area contributed by atoms with Gasteiger partial charge in [0, 0.05) is 46.0 Å². The Morgan fingerprint density at radius 2 is 1.79 bits per heavy atom. The molecule has 0 spiro atoms. The summed E-state index contributed by atoms with van der Waals surface area (Å²) in [5.41, 5.74) is 6.30. The molecule has 0 unspecified atom stereocenters. The van der Waals surface area contributed by atoms with Gasteiger partial charge in [0.2, 0.25) is 0 Å². The lowest BCUT2D eigenvalue weighted by Gasteiger charge is -2.55. The monoisotopic (exact) mass is 272 g/mol. The zero-order chi connectivity index (χ0) is 14.3. The predicted octanol–water partition coefficient (Wildman–Crippen LogP) is 1.73. The molecule has 1 rings (SSSR count). The molecule has 2 N–H and O–H groups in total. The number of rotatable bonds is 10. The summed E-state index contributed by atoms with van der Waals surface area (Å²) < 4.78 is 10.4. The molecule has 0 aromatic rings. The quantitative estimate of drug-likeness (QED) is 0.615. The van der Waals surface area contributed by atoms with Crippen LogP contribution >= 0.6 is 0 Å². The number of nitrogens with zero attached hydrogens (tertiary/aromatic N) is 1. The third-order valence-corrected chi connectivity index (χ3v) is 4.62. The average molecular weight is 272 g/mol. The molecule has 0 radical (unpaired) electrons. The van der Waals surface area contributed by atoms with E-state index < -0.39 is 0 Å². The van der Waals surface area contributed by atoms with Gasteiger partial charge in [0.1, 0.15) is 0 Å². The Morgan fingerprint density at radius 3 is 2.26 bits per heavy atom. The van der Waals surface area contributed by atoms with Gasteiger partial charge in [-0.1, -0.05) is 13.8 Å². The van der Waals surface area contributed by atoms with Gasteiger partial charge in [-0.15, -0.1) is 0 Å². The molecule has 0 aromatic heterocycles. The average Bonchev–Trinajstić information content (AvgIpc) is 2.34. The van der Waals surface area contributed by atoms with Crippen LogP contribution in [0.2, 0.25) is 0 Å². The second kappa shape index (κ2) is 8.20. The van der Waals surface area contributed by atoms with Crippen molar-refractivity contribution in [2.45, 2.75) is 38.6 Å². The minimum absolute atomic E-state index is 0.210. The van der Waals surface area contributed by atoms with Gasteiger partial charge < -0.3 is 15.2 Å². The van der Waals surface area contributed by atoms with Crippen LogP contribution < -0.4 is 5.73 Å². The van der Waals surface area contributed by atoms with Crippen LogP contribution in [-0.4, -0.2) is 57.5 Å². The molecule has 4 heteroatoms. The van der Waals surface area contributed by atoms with Crippen LogP contribution in [0, 0.1) is 11.8 Å². The second-order valence-corrected chi connectivity index (χ2v) is 6.17. The molecule has 0 saturated heterocycles. The summed E-state index contributed by atoms with van der Waals surface area (Å²) in [6.45, 7) is 9.01. The van der Waals surface area contributed by atoms with Crippen LogP contribution in [0.1, 0.15) is 33.1 Å². The summed E-state index contributed by atoms with van der Waals surface area (Å²) >= 11 is 0. The summed E-state index contributed by atoms with van der Waals surface area (Å²) in [5, 5.41) is 0. The van der Waals surface area contributed by atoms with Crippen molar-refractivity contribution in [3.63, 3.8) is 0 Å². The van der Waals surface area contributed by atoms with E-state index in [4.69, 9.17) is 15.2 Å². The van der Waals surface area contributed by atoms with Crippen molar-refractivity contribution in [3.05, 3.63) is 0 Å². The first-order valence-electron chi connectivity index (χ1n) is 7.52. The molecule has 0 bridgehead atoms. The van der Waals surface area contributed by atoms with E-state index in [9.17, 15) is 0 Å². The summed E-state index contributed by atoms with van der Waals surface area (Å²) in [4.78, 5) is 2.54. The molecular formula is C15H32N2O2. The Morgan fingerprint density at radius 1 is 1.16 bits per heavy atom. The summed E-state index contributed by atoms with van der Waals surface area (Å²) in [5.74, 6) is 1.60. The van der Waals surface area contributed by atoms with E-state index in [1.165, 1.54) is 12.8 Å². The molecule has 1 aliphatic rings. The van der Waals surface area contributed by atoms with E-state index in [0.29, 0.717) is 0 Å². The number of nitrogens with two attached hydrogens (primary N) is 1. The minimum atomic E-state index is 0.210. The SMILES string of the molecule is COCCCN(CCOC)C1(CN)CC(C(C)C)C1. The van der Waals surface area contributed by atoms with Crippen molar-refractivity contribution in [1.82, 2.24) is 4.90 Å². The molecule has 19 heavy (non-hydrogen) atoms. The molecule has 0 heterocycles. The zero-order valence-corrected chi connectivity index (χ0v) is 13.2. The third kappa shape index (κ3) is 4.42. The fourth-order valence-electron chi connectivity index (χ4n) is 3.13. The summed E-state index contributed by atoms with van der Waals surface area (Å²) in [6.07, 6.45) is 3.53. The van der Waals surface area contributed by atoms with Crippen molar-refractivity contribution in [1.29, 1.82) is 0 Å². The lowest BCUT2D eigenvalue weighted by Crippen LogP contribution is -2.63. The minimum Gasteiger partial charge on any atom is -0.385 e. The molecular weight excluding hydrogens is 240 g/mol. The highest BCUT2D eigenvalue weighted by molar-refractivity contribution is 5.04. The lowest BCUT2D eigenvalue weighted by atomic mass is 9.63. The van der Waals surface area contributed by atoms with E-state index in [-0.39, 0.29) is 5.54 Å². The van der Waals surface area contributed by atoms with Gasteiger partial charge in [-0.25, -0.2) is 0 Å². The standard InChI is InChI=1S/C15H32N2O2/c1-13(2)14-10-15(11-14,12-16)17(7-9-19-4)6-5-8-18-3/h13-14H,5-12,16H2,1-4H3. The first kappa shape index (κ1) is 16.9. The van der Waals surface area contributed by atoms with Gasteiger partial charge in [0.05, 0.1) is 6.61 Å². The Bertz CT molecular complexity index is 240. The fourth-order valence-corrected chi connectivity index (χ4v) is 3.13. The molecule has 0 atom stereocenters. The maximum absolute atomic E-state index is 6.09. The Balaban J connectivity index is 2.55. The van der Waals surface area contributed by atoms with Crippen LogP contribution in [0.15, 0.2) is 0 Å². The van der Waals surface area contributed by atoms with E-state index in [1.54, 1.807) is 14.2 Å². The van der Waals surface area contributed by atoms with E-state index in [0.717, 1.165) is 51.1 Å². The van der Waals surface area contributed by atoms with Gasteiger partial charge in [0.25, 0.3) is 0 Å². The zero-order valence-electron chi connectivity index (χ0n) is 13.2. The Hall–Kier alpha value is -0.160.